The first kappa shape index (κ1) is 72.0. The maximum atomic E-state index is 12.8. The molecule has 436 valence electrons. The molecule has 2 atom stereocenters. The molecule has 0 aliphatic heterocycles. The predicted octanol–water partition coefficient (Wildman–Crippen LogP) is 18.8. The maximum Gasteiger partial charge on any atom is 0.361 e. The fraction of sp³-hybridized carbons (Fsp3) is 0.803. The molecule has 0 aromatic rings. The van der Waals surface area contributed by atoms with Crippen LogP contribution >= 0.6 is 0 Å². The van der Waals surface area contributed by atoms with E-state index in [1.54, 1.807) is 0 Å². The zero-order valence-corrected chi connectivity index (χ0v) is 49.7. The molecule has 9 nitrogen and oxygen atoms in total. The monoisotopic (exact) mass is 1050 g/mol. The van der Waals surface area contributed by atoms with Crippen LogP contribution in [0.15, 0.2) is 60.8 Å². The topological polar surface area (TPSA) is 108 Å². The number of hydrogen-bond acceptors (Lipinski definition) is 7. The number of carbonyl (C=O) groups excluding carboxylic acids is 2. The molecule has 0 aliphatic carbocycles. The van der Waals surface area contributed by atoms with Gasteiger partial charge in [-0.25, -0.2) is 4.79 Å². The molecule has 0 aromatic heterocycles. The van der Waals surface area contributed by atoms with Crippen LogP contribution in [0.4, 0.5) is 0 Å². The maximum absolute atomic E-state index is 12.8. The van der Waals surface area contributed by atoms with Crippen LogP contribution in [-0.4, -0.2) is 87.4 Å². The van der Waals surface area contributed by atoms with Gasteiger partial charge in [-0.15, -0.1) is 0 Å². The van der Waals surface area contributed by atoms with Gasteiger partial charge in [0.15, 0.2) is 6.10 Å². The summed E-state index contributed by atoms with van der Waals surface area (Å²) < 4.78 is 22.9. The Morgan fingerprint density at radius 3 is 1.13 bits per heavy atom. The van der Waals surface area contributed by atoms with Crippen LogP contribution in [0.1, 0.15) is 284 Å². The number of esters is 2. The molecule has 0 saturated heterocycles. The van der Waals surface area contributed by atoms with Gasteiger partial charge in [0.2, 0.25) is 0 Å². The first-order chi connectivity index (χ1) is 36.6. The lowest BCUT2D eigenvalue weighted by molar-refractivity contribution is -0.870. The summed E-state index contributed by atoms with van der Waals surface area (Å²) in [6.07, 6.45) is 70.5. The highest BCUT2D eigenvalue weighted by Crippen LogP contribution is 2.17. The van der Waals surface area contributed by atoms with Crippen molar-refractivity contribution in [1.82, 2.24) is 0 Å². The molecule has 0 aliphatic rings. The van der Waals surface area contributed by atoms with E-state index in [4.69, 9.17) is 18.9 Å². The first-order valence-electron chi connectivity index (χ1n) is 31.5. The molecule has 0 heterocycles. The van der Waals surface area contributed by atoms with Crippen molar-refractivity contribution in [1.29, 1.82) is 0 Å². The molecule has 0 amide bonds. The fourth-order valence-electron chi connectivity index (χ4n) is 8.94. The molecule has 0 rings (SSSR count). The minimum absolute atomic E-state index is 0.184. The van der Waals surface area contributed by atoms with Crippen LogP contribution in [0.5, 0.6) is 0 Å². The van der Waals surface area contributed by atoms with Gasteiger partial charge in [0, 0.05) is 12.8 Å². The van der Waals surface area contributed by atoms with E-state index in [1.807, 2.05) is 21.1 Å². The van der Waals surface area contributed by atoms with Gasteiger partial charge in [0.05, 0.1) is 34.4 Å². The van der Waals surface area contributed by atoms with Gasteiger partial charge in [-0.1, -0.05) is 254 Å². The zero-order valence-electron chi connectivity index (χ0n) is 49.7. The summed E-state index contributed by atoms with van der Waals surface area (Å²) in [4.78, 5) is 37.4. The van der Waals surface area contributed by atoms with Crippen molar-refractivity contribution in [3.05, 3.63) is 60.8 Å². The molecular weight excluding hydrogens is 935 g/mol. The SMILES string of the molecule is CC/C=C\C/C=C\C/C=C\CCCCCCCC(=O)OC(COC(=O)CCCCCCCCCCCCCCCCCCCCCCCCC/C=C\C/C=C\CCCCCCC)COC(OCC[N+](C)(C)C)C(=O)O. The molecule has 0 bridgehead atoms. The number of nitrogens with zero attached hydrogens (tertiary/aromatic N) is 1. The number of hydrogen-bond donors (Lipinski definition) is 1. The number of carboxylic acids is 1. The molecule has 0 radical (unpaired) electrons. The predicted molar refractivity (Wildman–Crippen MR) is 318 cm³/mol. The van der Waals surface area contributed by atoms with Gasteiger partial charge in [0.25, 0.3) is 6.29 Å². The fourth-order valence-corrected chi connectivity index (χ4v) is 8.94. The average molecular weight is 1060 g/mol. The highest BCUT2D eigenvalue weighted by molar-refractivity contribution is 5.71. The van der Waals surface area contributed by atoms with E-state index in [-0.39, 0.29) is 32.2 Å². The van der Waals surface area contributed by atoms with Crippen LogP contribution < -0.4 is 0 Å². The summed E-state index contributed by atoms with van der Waals surface area (Å²) in [5.41, 5.74) is 0. The van der Waals surface area contributed by atoms with Gasteiger partial charge >= 0.3 is 17.9 Å². The molecule has 75 heavy (non-hydrogen) atoms. The number of quaternary nitrogens is 1. The van der Waals surface area contributed by atoms with E-state index in [9.17, 15) is 19.5 Å². The smallest absolute Gasteiger partial charge is 0.361 e. The normalized spacial score (nSPS) is 13.1. The average Bonchev–Trinajstić information content (AvgIpc) is 3.38. The second kappa shape index (κ2) is 57.2. The third-order valence-corrected chi connectivity index (χ3v) is 13.8. The quantitative estimate of drug-likeness (QED) is 0.0211. The summed E-state index contributed by atoms with van der Waals surface area (Å²) in [7, 11) is 5.96. The minimum atomic E-state index is -1.52. The van der Waals surface area contributed by atoms with Crippen molar-refractivity contribution in [3.63, 3.8) is 0 Å². The molecule has 2 unspecified atom stereocenters. The lowest BCUT2D eigenvalue weighted by Gasteiger charge is -2.25. The van der Waals surface area contributed by atoms with Crippen LogP contribution in [0.25, 0.3) is 0 Å². The molecule has 0 spiro atoms. The second-order valence-corrected chi connectivity index (χ2v) is 22.3. The van der Waals surface area contributed by atoms with Gasteiger partial charge in [-0.3, -0.25) is 9.59 Å². The Hall–Kier alpha value is -3.01. The first-order valence-corrected chi connectivity index (χ1v) is 31.5. The second-order valence-electron chi connectivity index (χ2n) is 22.3. The Bertz CT molecular complexity index is 1410. The number of carbonyl (C=O) groups is 3. The highest BCUT2D eigenvalue weighted by atomic mass is 16.7. The van der Waals surface area contributed by atoms with Gasteiger partial charge < -0.3 is 28.5 Å². The van der Waals surface area contributed by atoms with Crippen LogP contribution in [0.3, 0.4) is 0 Å². The molecule has 0 fully saturated rings. The summed E-state index contributed by atoms with van der Waals surface area (Å²) in [6.45, 7) is 4.76. The van der Waals surface area contributed by atoms with Crippen molar-refractivity contribution in [3.8, 4) is 0 Å². The van der Waals surface area contributed by atoms with Crippen LogP contribution in [0.2, 0.25) is 0 Å². The number of allylic oxidation sites excluding steroid dienone is 10. The van der Waals surface area contributed by atoms with E-state index < -0.39 is 24.3 Å². The van der Waals surface area contributed by atoms with Gasteiger partial charge in [-0.05, 0) is 77.0 Å². The van der Waals surface area contributed by atoms with Crippen LogP contribution in [-0.2, 0) is 33.3 Å². The van der Waals surface area contributed by atoms with Gasteiger partial charge in [0.1, 0.15) is 13.2 Å². The van der Waals surface area contributed by atoms with E-state index in [1.165, 1.54) is 173 Å². The third kappa shape index (κ3) is 58.5. The Morgan fingerprint density at radius 1 is 0.413 bits per heavy atom. The highest BCUT2D eigenvalue weighted by Gasteiger charge is 2.25. The number of ether oxygens (including phenoxy) is 4. The van der Waals surface area contributed by atoms with Crippen molar-refractivity contribution in [2.45, 2.75) is 296 Å². The van der Waals surface area contributed by atoms with Crippen molar-refractivity contribution in [2.24, 2.45) is 0 Å². The van der Waals surface area contributed by atoms with Crippen molar-refractivity contribution >= 4 is 17.9 Å². The molecular formula is C66H120NO8+. The molecule has 9 heteroatoms. The lowest BCUT2D eigenvalue weighted by Crippen LogP contribution is -2.40. The largest absolute Gasteiger partial charge is 0.477 e. The summed E-state index contributed by atoms with van der Waals surface area (Å²) in [6, 6.07) is 0. The number of likely N-dealkylation sites (N-methyl/N-ethyl adjacent to an activating group) is 1. The number of rotatable bonds is 58. The Labute approximate surface area is 463 Å². The van der Waals surface area contributed by atoms with Crippen LogP contribution in [0, 0.1) is 0 Å². The summed E-state index contributed by atoms with van der Waals surface area (Å²) >= 11 is 0. The van der Waals surface area contributed by atoms with Gasteiger partial charge in [-0.2, -0.15) is 0 Å². The number of unbranched alkanes of at least 4 members (excludes halogenated alkanes) is 33. The minimum Gasteiger partial charge on any atom is -0.477 e. The Balaban J connectivity index is 4.01. The van der Waals surface area contributed by atoms with Crippen molar-refractivity contribution < 1.29 is 42.9 Å². The zero-order chi connectivity index (χ0) is 54.8. The number of aliphatic carboxylic acids is 1. The van der Waals surface area contributed by atoms with E-state index in [0.29, 0.717) is 23.9 Å². The summed E-state index contributed by atoms with van der Waals surface area (Å²) in [5.74, 6) is -2.02. The standard InChI is InChI=1S/C66H119NO8/c1-6-8-10-12-14-16-18-20-22-23-24-25-26-27-28-29-30-31-32-33-34-35-36-37-38-39-40-41-43-44-46-48-50-52-54-56-63(68)73-60-62(61-74-66(65(70)71)72-59-58-67(3,4)5)75-64(69)57-55-53-51-49-47-45-42-21-19-17-15-13-11-9-7-2/h9,11,15,17-18,20-21,23-24,42,62,66H,6-8,10,12-14,16,19,22,25-41,43-61H2,1-5H3/p+1/b11-9-,17-15-,20-18-,24-23-,42-21-. The molecule has 1 N–H and O–H groups in total. The lowest BCUT2D eigenvalue weighted by atomic mass is 10.0. The molecule has 0 aromatic carbocycles. The summed E-state index contributed by atoms with van der Waals surface area (Å²) in [5, 5.41) is 9.70. The Kier molecular flexibility index (Phi) is 54.9. The Morgan fingerprint density at radius 2 is 0.760 bits per heavy atom. The van der Waals surface area contributed by atoms with Crippen molar-refractivity contribution in [2.75, 3.05) is 47.5 Å². The third-order valence-electron chi connectivity index (χ3n) is 13.8. The van der Waals surface area contributed by atoms with E-state index in [0.717, 1.165) is 77.0 Å². The van der Waals surface area contributed by atoms with E-state index in [2.05, 4.69) is 74.6 Å². The molecule has 0 saturated carbocycles. The van der Waals surface area contributed by atoms with E-state index >= 15 is 0 Å². The number of carboxylic acid groups (broad SMARTS) is 1.